The molecule has 0 saturated carbocycles. The minimum Gasteiger partial charge on any atom is -0.352 e. The molecular formula is C16H22BrNO. The summed E-state index contributed by atoms with van der Waals surface area (Å²) in [4.78, 5) is 12.4. The van der Waals surface area contributed by atoms with Crippen LogP contribution in [-0.4, -0.2) is 12.5 Å². The Kier molecular flexibility index (Phi) is 5.03. The Morgan fingerprint density at radius 3 is 2.74 bits per heavy atom. The fourth-order valence-electron chi connectivity index (χ4n) is 2.75. The number of carbonyl (C=O) groups is 1. The summed E-state index contributed by atoms with van der Waals surface area (Å²) in [5, 5.41) is 2.97. The van der Waals surface area contributed by atoms with Gasteiger partial charge in [-0.2, -0.15) is 0 Å². The molecule has 1 unspecified atom stereocenters. The molecule has 2 rings (SSSR count). The molecule has 1 heterocycles. The molecule has 1 aliphatic heterocycles. The molecule has 2 nitrogen and oxygen atoms in total. The summed E-state index contributed by atoms with van der Waals surface area (Å²) in [7, 11) is 0. The van der Waals surface area contributed by atoms with E-state index in [1.807, 2.05) is 0 Å². The molecule has 1 aromatic rings. The van der Waals surface area contributed by atoms with E-state index in [1.165, 1.54) is 11.1 Å². The SMILES string of the molecule is CCC(CC)C(Br)c1ccc2c(c1)C(=O)NCCC2. The molecule has 0 spiro atoms. The number of benzene rings is 1. The largest absolute Gasteiger partial charge is 0.352 e. The van der Waals surface area contributed by atoms with Crippen molar-refractivity contribution in [2.24, 2.45) is 5.92 Å². The monoisotopic (exact) mass is 323 g/mol. The Labute approximate surface area is 124 Å². The number of fused-ring (bicyclic) bond motifs is 1. The summed E-state index contributed by atoms with van der Waals surface area (Å²) in [6.07, 6.45) is 4.32. The highest BCUT2D eigenvalue weighted by atomic mass is 79.9. The summed E-state index contributed by atoms with van der Waals surface area (Å²) >= 11 is 3.81. The molecule has 0 fully saturated rings. The topological polar surface area (TPSA) is 29.1 Å². The van der Waals surface area contributed by atoms with Gasteiger partial charge in [0.15, 0.2) is 0 Å². The Morgan fingerprint density at radius 1 is 1.32 bits per heavy atom. The number of rotatable bonds is 4. The van der Waals surface area contributed by atoms with Gasteiger partial charge in [-0.25, -0.2) is 0 Å². The zero-order valence-electron chi connectivity index (χ0n) is 11.7. The van der Waals surface area contributed by atoms with Gasteiger partial charge in [0.05, 0.1) is 0 Å². The smallest absolute Gasteiger partial charge is 0.251 e. The van der Waals surface area contributed by atoms with Crippen LogP contribution in [0.1, 0.15) is 59.4 Å². The maximum atomic E-state index is 12.1. The molecule has 1 atom stereocenters. The summed E-state index contributed by atoms with van der Waals surface area (Å²) in [6, 6.07) is 6.38. The average molecular weight is 324 g/mol. The first kappa shape index (κ1) is 14.6. The first-order chi connectivity index (χ1) is 9.17. The van der Waals surface area contributed by atoms with E-state index in [1.54, 1.807) is 0 Å². The van der Waals surface area contributed by atoms with Crippen molar-refractivity contribution in [1.82, 2.24) is 5.32 Å². The van der Waals surface area contributed by atoms with Crippen LogP contribution in [0.25, 0.3) is 0 Å². The molecule has 0 radical (unpaired) electrons. The number of hydrogen-bond donors (Lipinski definition) is 1. The van der Waals surface area contributed by atoms with Gasteiger partial charge in [0.25, 0.3) is 5.91 Å². The molecule has 1 aromatic carbocycles. The fraction of sp³-hybridized carbons (Fsp3) is 0.562. The molecule has 1 amide bonds. The Balaban J connectivity index is 2.31. The van der Waals surface area contributed by atoms with Crippen LogP contribution in [0.5, 0.6) is 0 Å². The highest BCUT2D eigenvalue weighted by Gasteiger charge is 2.21. The van der Waals surface area contributed by atoms with E-state index < -0.39 is 0 Å². The molecule has 0 saturated heterocycles. The zero-order chi connectivity index (χ0) is 13.8. The molecule has 3 heteroatoms. The van der Waals surface area contributed by atoms with E-state index in [-0.39, 0.29) is 5.91 Å². The Hall–Kier alpha value is -0.830. The van der Waals surface area contributed by atoms with Gasteiger partial charge in [-0.05, 0) is 36.0 Å². The molecule has 0 bridgehead atoms. The number of aryl methyl sites for hydroxylation is 1. The predicted molar refractivity (Wildman–Crippen MR) is 82.8 cm³/mol. The number of carbonyl (C=O) groups excluding carboxylic acids is 1. The molecule has 0 aromatic heterocycles. The van der Waals surface area contributed by atoms with Crippen molar-refractivity contribution < 1.29 is 4.79 Å². The second kappa shape index (κ2) is 6.56. The third kappa shape index (κ3) is 3.19. The quantitative estimate of drug-likeness (QED) is 0.825. The van der Waals surface area contributed by atoms with E-state index in [2.05, 4.69) is 53.3 Å². The van der Waals surface area contributed by atoms with Crippen LogP contribution in [0.15, 0.2) is 18.2 Å². The van der Waals surface area contributed by atoms with Gasteiger partial charge < -0.3 is 5.32 Å². The first-order valence-electron chi connectivity index (χ1n) is 7.22. The Morgan fingerprint density at radius 2 is 2.05 bits per heavy atom. The third-order valence-electron chi connectivity index (χ3n) is 4.07. The standard InChI is InChI=1S/C16H22BrNO/c1-3-11(4-2)15(17)13-8-7-12-6-5-9-18-16(19)14(12)10-13/h7-8,10-11,15H,3-6,9H2,1-2H3,(H,18,19). The maximum Gasteiger partial charge on any atom is 0.251 e. The maximum absolute atomic E-state index is 12.1. The van der Waals surface area contributed by atoms with E-state index in [0.29, 0.717) is 10.7 Å². The van der Waals surface area contributed by atoms with Gasteiger partial charge in [-0.3, -0.25) is 4.79 Å². The van der Waals surface area contributed by atoms with Crippen molar-refractivity contribution in [3.05, 3.63) is 34.9 Å². The number of nitrogens with one attached hydrogen (secondary N) is 1. The summed E-state index contributed by atoms with van der Waals surface area (Å²) in [5.74, 6) is 0.700. The number of halogens is 1. The van der Waals surface area contributed by atoms with Crippen molar-refractivity contribution in [2.75, 3.05) is 6.54 Å². The molecule has 0 aliphatic carbocycles. The lowest BCUT2D eigenvalue weighted by atomic mass is 9.91. The highest BCUT2D eigenvalue weighted by molar-refractivity contribution is 9.09. The van der Waals surface area contributed by atoms with Gasteiger partial charge in [0, 0.05) is 16.9 Å². The molecule has 1 aliphatic rings. The van der Waals surface area contributed by atoms with Crippen LogP contribution >= 0.6 is 15.9 Å². The minimum absolute atomic E-state index is 0.0820. The number of amides is 1. The summed E-state index contributed by atoms with van der Waals surface area (Å²) in [6.45, 7) is 5.23. The van der Waals surface area contributed by atoms with E-state index in [0.717, 1.165) is 37.8 Å². The molecule has 104 valence electrons. The minimum atomic E-state index is 0.0820. The normalized spacial score (nSPS) is 16.7. The van der Waals surface area contributed by atoms with Crippen molar-refractivity contribution in [3.8, 4) is 0 Å². The van der Waals surface area contributed by atoms with Crippen molar-refractivity contribution in [2.45, 2.75) is 44.4 Å². The fourth-order valence-corrected chi connectivity index (χ4v) is 3.78. The summed E-state index contributed by atoms with van der Waals surface area (Å²) in [5.41, 5.74) is 3.28. The first-order valence-corrected chi connectivity index (χ1v) is 8.14. The molecule has 19 heavy (non-hydrogen) atoms. The lowest BCUT2D eigenvalue weighted by Crippen LogP contribution is -2.22. The highest BCUT2D eigenvalue weighted by Crippen LogP contribution is 2.36. The van der Waals surface area contributed by atoms with Gasteiger partial charge in [0.2, 0.25) is 0 Å². The van der Waals surface area contributed by atoms with Crippen molar-refractivity contribution in [1.29, 1.82) is 0 Å². The average Bonchev–Trinajstić information content (AvgIpc) is 2.62. The van der Waals surface area contributed by atoms with Crippen LogP contribution in [0.4, 0.5) is 0 Å². The number of alkyl halides is 1. The van der Waals surface area contributed by atoms with Crippen LogP contribution in [-0.2, 0) is 6.42 Å². The number of hydrogen-bond acceptors (Lipinski definition) is 1. The Bertz CT molecular complexity index is 454. The zero-order valence-corrected chi connectivity index (χ0v) is 13.3. The lowest BCUT2D eigenvalue weighted by Gasteiger charge is -2.21. The third-order valence-corrected chi connectivity index (χ3v) is 5.34. The summed E-state index contributed by atoms with van der Waals surface area (Å²) < 4.78 is 0. The van der Waals surface area contributed by atoms with E-state index in [9.17, 15) is 4.79 Å². The van der Waals surface area contributed by atoms with Crippen LogP contribution in [0.3, 0.4) is 0 Å². The van der Waals surface area contributed by atoms with Crippen LogP contribution in [0, 0.1) is 5.92 Å². The van der Waals surface area contributed by atoms with Crippen LogP contribution in [0.2, 0.25) is 0 Å². The predicted octanol–water partition coefficient (Wildman–Crippen LogP) is 4.23. The van der Waals surface area contributed by atoms with E-state index >= 15 is 0 Å². The second-order valence-corrected chi connectivity index (χ2v) is 6.24. The molecule has 1 N–H and O–H groups in total. The van der Waals surface area contributed by atoms with Crippen molar-refractivity contribution in [3.63, 3.8) is 0 Å². The van der Waals surface area contributed by atoms with Crippen molar-refractivity contribution >= 4 is 21.8 Å². The van der Waals surface area contributed by atoms with Gasteiger partial charge in [0.1, 0.15) is 0 Å². The molecular weight excluding hydrogens is 302 g/mol. The van der Waals surface area contributed by atoms with Gasteiger partial charge in [-0.15, -0.1) is 0 Å². The second-order valence-electron chi connectivity index (χ2n) is 5.25. The van der Waals surface area contributed by atoms with E-state index in [4.69, 9.17) is 0 Å². The van der Waals surface area contributed by atoms with Crippen LogP contribution < -0.4 is 5.32 Å². The van der Waals surface area contributed by atoms with Gasteiger partial charge >= 0.3 is 0 Å². The lowest BCUT2D eigenvalue weighted by molar-refractivity contribution is 0.0956. The van der Waals surface area contributed by atoms with Gasteiger partial charge in [-0.1, -0.05) is 54.8 Å².